The number of rotatable bonds is 8. The standard InChI is InChI=1S/C13H22N4O3S/c14-10(18)5-6-15-11(19)4-2-1-3-9-12-8(7-21-9)16-13(20)17-12/h8-9,12H,1-7H2,(H2,14,18)(H,15,19)(H2,16,17,20). The van der Waals surface area contributed by atoms with Crippen LogP contribution in [0.5, 0.6) is 0 Å². The maximum absolute atomic E-state index is 11.5. The van der Waals surface area contributed by atoms with Gasteiger partial charge in [0.2, 0.25) is 11.8 Å². The van der Waals surface area contributed by atoms with Gasteiger partial charge in [0.05, 0.1) is 12.1 Å². The second kappa shape index (κ2) is 7.53. The fourth-order valence-corrected chi connectivity index (χ4v) is 4.23. The van der Waals surface area contributed by atoms with E-state index in [4.69, 9.17) is 5.73 Å². The van der Waals surface area contributed by atoms with Crippen molar-refractivity contribution in [2.75, 3.05) is 12.3 Å². The van der Waals surface area contributed by atoms with Gasteiger partial charge in [-0.25, -0.2) is 4.79 Å². The van der Waals surface area contributed by atoms with Gasteiger partial charge in [0.15, 0.2) is 0 Å². The fourth-order valence-electron chi connectivity index (χ4n) is 2.69. The van der Waals surface area contributed by atoms with Crippen LogP contribution in [0.15, 0.2) is 0 Å². The lowest BCUT2D eigenvalue weighted by molar-refractivity contribution is -0.121. The molecule has 7 nitrogen and oxygen atoms in total. The molecule has 0 radical (unpaired) electrons. The molecule has 0 aliphatic carbocycles. The van der Waals surface area contributed by atoms with E-state index >= 15 is 0 Å². The van der Waals surface area contributed by atoms with Crippen molar-refractivity contribution in [2.45, 2.75) is 49.4 Å². The summed E-state index contributed by atoms with van der Waals surface area (Å²) in [6, 6.07) is 0.417. The number of amides is 4. The summed E-state index contributed by atoms with van der Waals surface area (Å²) < 4.78 is 0. The van der Waals surface area contributed by atoms with Crippen molar-refractivity contribution >= 4 is 29.6 Å². The first-order chi connectivity index (χ1) is 10.1. The van der Waals surface area contributed by atoms with Gasteiger partial charge in [-0.1, -0.05) is 6.42 Å². The molecule has 0 bridgehead atoms. The van der Waals surface area contributed by atoms with E-state index in [1.807, 2.05) is 11.8 Å². The highest BCUT2D eigenvalue weighted by atomic mass is 32.2. The molecule has 0 saturated carbocycles. The Morgan fingerprint density at radius 2 is 2.10 bits per heavy atom. The minimum absolute atomic E-state index is 0.0379. The molecule has 0 aromatic heterocycles. The van der Waals surface area contributed by atoms with Crippen LogP contribution in [0, 0.1) is 0 Å². The third kappa shape index (κ3) is 4.80. The molecule has 5 N–H and O–H groups in total. The molecule has 4 amide bonds. The summed E-state index contributed by atoms with van der Waals surface area (Å²) >= 11 is 1.88. The van der Waals surface area contributed by atoms with Gasteiger partial charge in [0.1, 0.15) is 0 Å². The van der Waals surface area contributed by atoms with Crippen LogP contribution in [0.2, 0.25) is 0 Å². The van der Waals surface area contributed by atoms with Gasteiger partial charge in [-0.3, -0.25) is 9.59 Å². The number of hydrogen-bond acceptors (Lipinski definition) is 4. The number of carbonyl (C=O) groups is 3. The summed E-state index contributed by atoms with van der Waals surface area (Å²) in [5.41, 5.74) is 4.99. The molecule has 2 heterocycles. The van der Waals surface area contributed by atoms with Gasteiger partial charge >= 0.3 is 6.03 Å². The molecular formula is C13H22N4O3S. The van der Waals surface area contributed by atoms with Crippen LogP contribution in [-0.4, -0.2) is 47.5 Å². The maximum atomic E-state index is 11.5. The van der Waals surface area contributed by atoms with Crippen molar-refractivity contribution in [2.24, 2.45) is 5.73 Å². The Hall–Kier alpha value is -1.44. The lowest BCUT2D eigenvalue weighted by Crippen LogP contribution is -2.36. The number of nitrogens with two attached hydrogens (primary N) is 1. The van der Waals surface area contributed by atoms with E-state index in [0.717, 1.165) is 25.0 Å². The van der Waals surface area contributed by atoms with Gasteiger partial charge < -0.3 is 21.7 Å². The summed E-state index contributed by atoms with van der Waals surface area (Å²) in [4.78, 5) is 33.3. The van der Waals surface area contributed by atoms with Crippen molar-refractivity contribution < 1.29 is 14.4 Å². The topological polar surface area (TPSA) is 113 Å². The number of primary amides is 1. The van der Waals surface area contributed by atoms with Crippen molar-refractivity contribution in [1.29, 1.82) is 0 Å². The average molecular weight is 314 g/mol. The Kier molecular flexibility index (Phi) is 5.72. The number of fused-ring (bicyclic) bond motifs is 1. The van der Waals surface area contributed by atoms with Gasteiger partial charge in [-0.15, -0.1) is 0 Å². The third-order valence-corrected chi connectivity index (χ3v) is 5.28. The molecule has 2 aliphatic rings. The van der Waals surface area contributed by atoms with E-state index in [1.54, 1.807) is 0 Å². The Morgan fingerprint density at radius 1 is 1.29 bits per heavy atom. The number of hydrogen-bond donors (Lipinski definition) is 4. The van der Waals surface area contributed by atoms with E-state index < -0.39 is 5.91 Å². The first-order valence-electron chi connectivity index (χ1n) is 7.30. The van der Waals surface area contributed by atoms with E-state index in [2.05, 4.69) is 16.0 Å². The van der Waals surface area contributed by atoms with E-state index in [0.29, 0.717) is 18.2 Å². The monoisotopic (exact) mass is 314 g/mol. The summed E-state index contributed by atoms with van der Waals surface area (Å²) in [6.45, 7) is 0.314. The predicted octanol–water partition coefficient (Wildman–Crippen LogP) is -0.296. The van der Waals surface area contributed by atoms with Crippen LogP contribution in [0.25, 0.3) is 0 Å². The quantitative estimate of drug-likeness (QED) is 0.364. The average Bonchev–Trinajstić information content (AvgIpc) is 2.94. The Morgan fingerprint density at radius 3 is 2.86 bits per heavy atom. The lowest BCUT2D eigenvalue weighted by atomic mass is 10.0. The molecule has 3 unspecified atom stereocenters. The summed E-state index contributed by atoms with van der Waals surface area (Å²) in [7, 11) is 0. The van der Waals surface area contributed by atoms with E-state index in [1.165, 1.54) is 0 Å². The van der Waals surface area contributed by atoms with Crippen LogP contribution < -0.4 is 21.7 Å². The van der Waals surface area contributed by atoms with Crippen molar-refractivity contribution in [3.05, 3.63) is 0 Å². The smallest absolute Gasteiger partial charge is 0.315 e. The predicted molar refractivity (Wildman–Crippen MR) is 80.8 cm³/mol. The number of urea groups is 1. The highest BCUT2D eigenvalue weighted by Gasteiger charge is 2.42. The normalized spacial score (nSPS) is 26.9. The molecule has 0 spiro atoms. The number of unbranched alkanes of at least 4 members (excludes halogenated alkanes) is 1. The maximum Gasteiger partial charge on any atom is 0.315 e. The zero-order chi connectivity index (χ0) is 15.2. The highest BCUT2D eigenvalue weighted by Crippen LogP contribution is 2.33. The molecule has 2 saturated heterocycles. The van der Waals surface area contributed by atoms with E-state index in [9.17, 15) is 14.4 Å². The second-order valence-corrected chi connectivity index (χ2v) is 6.71. The fraction of sp³-hybridized carbons (Fsp3) is 0.769. The zero-order valence-electron chi connectivity index (χ0n) is 11.9. The SMILES string of the molecule is NC(=O)CCNC(=O)CCCCC1SCC2NC(=O)NC21. The Balaban J connectivity index is 1.55. The number of nitrogens with one attached hydrogen (secondary N) is 3. The Bertz CT molecular complexity index is 418. The minimum atomic E-state index is -0.407. The van der Waals surface area contributed by atoms with Crippen LogP contribution in [0.3, 0.4) is 0 Å². The number of carbonyl (C=O) groups excluding carboxylic acids is 3. The van der Waals surface area contributed by atoms with Crippen molar-refractivity contribution in [3.63, 3.8) is 0 Å². The molecule has 8 heteroatoms. The first-order valence-corrected chi connectivity index (χ1v) is 8.35. The van der Waals surface area contributed by atoms with Gasteiger partial charge in [0, 0.05) is 30.4 Å². The molecular weight excluding hydrogens is 292 g/mol. The first kappa shape index (κ1) is 15.9. The molecule has 0 aromatic carbocycles. The van der Waals surface area contributed by atoms with Crippen LogP contribution in [0.4, 0.5) is 4.79 Å². The van der Waals surface area contributed by atoms with Gasteiger partial charge in [-0.05, 0) is 12.8 Å². The molecule has 118 valence electrons. The van der Waals surface area contributed by atoms with Crippen molar-refractivity contribution in [3.8, 4) is 0 Å². The summed E-state index contributed by atoms with van der Waals surface area (Å²) in [5, 5.41) is 8.98. The molecule has 3 atom stereocenters. The number of thioether (sulfide) groups is 1. The Labute approximate surface area is 128 Å². The molecule has 2 rings (SSSR count). The van der Waals surface area contributed by atoms with Crippen LogP contribution >= 0.6 is 11.8 Å². The highest BCUT2D eigenvalue weighted by molar-refractivity contribution is 8.00. The molecule has 2 aliphatic heterocycles. The summed E-state index contributed by atoms with van der Waals surface area (Å²) in [5.74, 6) is 0.515. The van der Waals surface area contributed by atoms with Crippen LogP contribution in [0.1, 0.15) is 32.1 Å². The largest absolute Gasteiger partial charge is 0.370 e. The second-order valence-electron chi connectivity index (χ2n) is 5.43. The molecule has 21 heavy (non-hydrogen) atoms. The van der Waals surface area contributed by atoms with Crippen LogP contribution in [-0.2, 0) is 9.59 Å². The van der Waals surface area contributed by atoms with Crippen molar-refractivity contribution in [1.82, 2.24) is 16.0 Å². The molecule has 2 fully saturated rings. The van der Waals surface area contributed by atoms with Gasteiger partial charge in [0.25, 0.3) is 0 Å². The minimum Gasteiger partial charge on any atom is -0.370 e. The lowest BCUT2D eigenvalue weighted by Gasteiger charge is -2.16. The summed E-state index contributed by atoms with van der Waals surface area (Å²) in [6.07, 6.45) is 3.43. The van der Waals surface area contributed by atoms with E-state index in [-0.39, 0.29) is 30.4 Å². The zero-order valence-corrected chi connectivity index (χ0v) is 12.7. The molecule has 0 aromatic rings. The third-order valence-electron chi connectivity index (χ3n) is 3.77. The van der Waals surface area contributed by atoms with Gasteiger partial charge in [-0.2, -0.15) is 11.8 Å².